The molecular weight excluding hydrogens is 224 g/mol. The SMILES string of the molecule is CC1=NN(CCO)C(=O)/C1=C\c1cccs1. The standard InChI is InChI=1S/C11H12N2O2S/c1-8-10(7-9-3-2-6-16-9)11(15)13(12-8)4-5-14/h2-3,6-7,14H,4-5H2,1H3/b10-7-. The van der Waals surface area contributed by atoms with Gasteiger partial charge in [-0.1, -0.05) is 6.07 Å². The Morgan fingerprint density at radius 1 is 1.62 bits per heavy atom. The highest BCUT2D eigenvalue weighted by atomic mass is 32.1. The molecule has 4 nitrogen and oxygen atoms in total. The Hall–Kier alpha value is -1.46. The van der Waals surface area contributed by atoms with Crippen LogP contribution < -0.4 is 0 Å². The molecule has 0 atom stereocenters. The highest BCUT2D eigenvalue weighted by Gasteiger charge is 2.26. The summed E-state index contributed by atoms with van der Waals surface area (Å²) in [6, 6.07) is 3.89. The number of hydrogen-bond donors (Lipinski definition) is 1. The minimum atomic E-state index is -0.139. The number of aliphatic hydroxyl groups is 1. The number of carbonyl (C=O) groups is 1. The molecule has 5 heteroatoms. The average molecular weight is 236 g/mol. The number of β-amino-alcohol motifs (C(OH)–C–C–N with tert-alkyl or cyclic N) is 1. The van der Waals surface area contributed by atoms with Crippen molar-refractivity contribution in [2.45, 2.75) is 6.92 Å². The van der Waals surface area contributed by atoms with Crippen LogP contribution in [0.2, 0.25) is 0 Å². The third-order valence-electron chi connectivity index (χ3n) is 2.27. The first-order valence-corrected chi connectivity index (χ1v) is 5.84. The van der Waals surface area contributed by atoms with Gasteiger partial charge in [0.05, 0.1) is 24.4 Å². The van der Waals surface area contributed by atoms with Crippen molar-refractivity contribution in [2.24, 2.45) is 5.10 Å². The van der Waals surface area contributed by atoms with Crippen LogP contribution in [0.4, 0.5) is 0 Å². The van der Waals surface area contributed by atoms with E-state index in [1.165, 1.54) is 5.01 Å². The monoisotopic (exact) mass is 236 g/mol. The predicted molar refractivity (Wildman–Crippen MR) is 64.2 cm³/mol. The molecule has 0 unspecified atom stereocenters. The number of nitrogens with zero attached hydrogens (tertiary/aromatic N) is 2. The molecule has 1 amide bonds. The minimum Gasteiger partial charge on any atom is -0.394 e. The van der Waals surface area contributed by atoms with E-state index in [0.717, 1.165) is 4.88 Å². The zero-order chi connectivity index (χ0) is 11.5. The first kappa shape index (κ1) is 11.0. The van der Waals surface area contributed by atoms with E-state index < -0.39 is 0 Å². The molecule has 1 aromatic rings. The molecule has 16 heavy (non-hydrogen) atoms. The highest BCUT2D eigenvalue weighted by Crippen LogP contribution is 2.20. The molecule has 2 rings (SSSR count). The molecule has 0 spiro atoms. The van der Waals surface area contributed by atoms with Crippen LogP contribution in [0, 0.1) is 0 Å². The Labute approximate surface area is 97.5 Å². The van der Waals surface area contributed by atoms with Gasteiger partial charge in [0.2, 0.25) is 0 Å². The Kier molecular flexibility index (Phi) is 3.17. The van der Waals surface area contributed by atoms with Crippen molar-refractivity contribution in [1.29, 1.82) is 0 Å². The summed E-state index contributed by atoms with van der Waals surface area (Å²) in [6.45, 7) is 1.97. The van der Waals surface area contributed by atoms with Crippen LogP contribution in [0.15, 0.2) is 28.2 Å². The molecule has 0 bridgehead atoms. The van der Waals surface area contributed by atoms with Gasteiger partial charge in [-0.25, -0.2) is 5.01 Å². The lowest BCUT2D eigenvalue weighted by Crippen LogP contribution is -2.25. The number of aliphatic hydroxyl groups excluding tert-OH is 1. The average Bonchev–Trinajstić information content (AvgIpc) is 2.84. The number of hydrazone groups is 1. The number of rotatable bonds is 3. The van der Waals surface area contributed by atoms with E-state index in [1.54, 1.807) is 18.3 Å². The van der Waals surface area contributed by atoms with E-state index in [2.05, 4.69) is 5.10 Å². The summed E-state index contributed by atoms with van der Waals surface area (Å²) in [6.07, 6.45) is 1.84. The Morgan fingerprint density at radius 3 is 3.06 bits per heavy atom. The topological polar surface area (TPSA) is 52.9 Å². The number of carbonyl (C=O) groups excluding carboxylic acids is 1. The van der Waals surface area contributed by atoms with Gasteiger partial charge in [0, 0.05) is 4.88 Å². The molecule has 2 heterocycles. The summed E-state index contributed by atoms with van der Waals surface area (Å²) < 4.78 is 0. The molecule has 1 aromatic heterocycles. The molecule has 0 aromatic carbocycles. The number of amides is 1. The summed E-state index contributed by atoms with van der Waals surface area (Å²) in [5, 5.41) is 16.2. The normalized spacial score (nSPS) is 18.4. The van der Waals surface area contributed by atoms with Gasteiger partial charge in [-0.3, -0.25) is 4.79 Å². The molecule has 0 aliphatic carbocycles. The Bertz CT molecular complexity index is 449. The first-order chi connectivity index (χ1) is 7.72. The van der Waals surface area contributed by atoms with Gasteiger partial charge in [0.1, 0.15) is 0 Å². The van der Waals surface area contributed by atoms with Crippen molar-refractivity contribution < 1.29 is 9.90 Å². The summed E-state index contributed by atoms with van der Waals surface area (Å²) in [5.41, 5.74) is 1.31. The first-order valence-electron chi connectivity index (χ1n) is 4.96. The van der Waals surface area contributed by atoms with Gasteiger partial charge in [0.15, 0.2) is 0 Å². The Morgan fingerprint density at radius 2 is 2.44 bits per heavy atom. The Balaban J connectivity index is 2.25. The van der Waals surface area contributed by atoms with Crippen LogP contribution in [-0.4, -0.2) is 34.9 Å². The lowest BCUT2D eigenvalue weighted by molar-refractivity contribution is -0.126. The van der Waals surface area contributed by atoms with Crippen LogP contribution in [0.3, 0.4) is 0 Å². The molecule has 0 fully saturated rings. The third kappa shape index (κ3) is 2.05. The van der Waals surface area contributed by atoms with Crippen LogP contribution in [0.25, 0.3) is 6.08 Å². The van der Waals surface area contributed by atoms with E-state index in [9.17, 15) is 4.79 Å². The van der Waals surface area contributed by atoms with E-state index in [0.29, 0.717) is 11.3 Å². The maximum Gasteiger partial charge on any atom is 0.276 e. The maximum atomic E-state index is 11.9. The fraction of sp³-hybridized carbons (Fsp3) is 0.273. The largest absolute Gasteiger partial charge is 0.394 e. The summed E-state index contributed by atoms with van der Waals surface area (Å²) >= 11 is 1.58. The molecule has 1 aliphatic rings. The second-order valence-corrected chi connectivity index (χ2v) is 4.39. The fourth-order valence-electron chi connectivity index (χ4n) is 1.50. The lowest BCUT2D eigenvalue weighted by Gasteiger charge is -2.08. The third-order valence-corrected chi connectivity index (χ3v) is 3.09. The van der Waals surface area contributed by atoms with Crippen LogP contribution in [-0.2, 0) is 4.79 Å². The van der Waals surface area contributed by atoms with Gasteiger partial charge in [-0.05, 0) is 24.4 Å². The zero-order valence-electron chi connectivity index (χ0n) is 8.88. The van der Waals surface area contributed by atoms with Gasteiger partial charge < -0.3 is 5.11 Å². The van der Waals surface area contributed by atoms with E-state index in [-0.39, 0.29) is 19.1 Å². The lowest BCUT2D eigenvalue weighted by atomic mass is 10.1. The summed E-state index contributed by atoms with van der Waals surface area (Å²) in [4.78, 5) is 12.9. The van der Waals surface area contributed by atoms with Gasteiger partial charge >= 0.3 is 0 Å². The van der Waals surface area contributed by atoms with E-state index in [4.69, 9.17) is 5.11 Å². The van der Waals surface area contributed by atoms with E-state index >= 15 is 0 Å². The molecular formula is C11H12N2O2S. The van der Waals surface area contributed by atoms with Gasteiger partial charge in [-0.2, -0.15) is 5.10 Å². The van der Waals surface area contributed by atoms with Crippen LogP contribution in [0.5, 0.6) is 0 Å². The predicted octanol–water partition coefficient (Wildman–Crippen LogP) is 1.34. The van der Waals surface area contributed by atoms with E-state index in [1.807, 2.05) is 23.6 Å². The maximum absolute atomic E-state index is 11.9. The van der Waals surface area contributed by atoms with Crippen molar-refractivity contribution in [3.63, 3.8) is 0 Å². The second kappa shape index (κ2) is 4.59. The van der Waals surface area contributed by atoms with Gasteiger partial charge in [0.25, 0.3) is 5.91 Å². The van der Waals surface area contributed by atoms with Crippen molar-refractivity contribution in [3.8, 4) is 0 Å². The quantitative estimate of drug-likeness (QED) is 0.805. The highest BCUT2D eigenvalue weighted by molar-refractivity contribution is 7.10. The molecule has 0 saturated carbocycles. The zero-order valence-corrected chi connectivity index (χ0v) is 9.70. The van der Waals surface area contributed by atoms with Crippen molar-refractivity contribution in [3.05, 3.63) is 28.0 Å². The molecule has 0 saturated heterocycles. The van der Waals surface area contributed by atoms with Crippen molar-refractivity contribution in [2.75, 3.05) is 13.2 Å². The number of thiophene rings is 1. The fourth-order valence-corrected chi connectivity index (χ4v) is 2.16. The minimum absolute atomic E-state index is 0.0746. The van der Waals surface area contributed by atoms with Crippen LogP contribution >= 0.6 is 11.3 Å². The molecule has 1 N–H and O–H groups in total. The van der Waals surface area contributed by atoms with Crippen LogP contribution in [0.1, 0.15) is 11.8 Å². The number of hydrogen-bond acceptors (Lipinski definition) is 4. The summed E-state index contributed by atoms with van der Waals surface area (Å²) in [5.74, 6) is -0.139. The van der Waals surface area contributed by atoms with Gasteiger partial charge in [-0.15, -0.1) is 11.3 Å². The molecule has 0 radical (unpaired) electrons. The molecule has 84 valence electrons. The van der Waals surface area contributed by atoms with Crippen molar-refractivity contribution in [1.82, 2.24) is 5.01 Å². The molecule has 1 aliphatic heterocycles. The smallest absolute Gasteiger partial charge is 0.276 e. The van der Waals surface area contributed by atoms with Crippen molar-refractivity contribution >= 4 is 29.0 Å². The second-order valence-electron chi connectivity index (χ2n) is 3.41. The summed E-state index contributed by atoms with van der Waals surface area (Å²) in [7, 11) is 0.